The van der Waals surface area contributed by atoms with Gasteiger partial charge in [-0.1, -0.05) is 35.9 Å². The van der Waals surface area contributed by atoms with E-state index in [0.717, 1.165) is 5.56 Å². The van der Waals surface area contributed by atoms with E-state index < -0.39 is 0 Å². The molecule has 0 saturated carbocycles. The van der Waals surface area contributed by atoms with Gasteiger partial charge in [-0.25, -0.2) is 0 Å². The lowest BCUT2D eigenvalue weighted by Crippen LogP contribution is -2.12. The van der Waals surface area contributed by atoms with Gasteiger partial charge in [0.25, 0.3) is 0 Å². The molecule has 3 aromatic rings. The van der Waals surface area contributed by atoms with E-state index in [0.29, 0.717) is 28.9 Å². The van der Waals surface area contributed by atoms with Crippen molar-refractivity contribution in [3.63, 3.8) is 0 Å². The molecule has 0 spiro atoms. The first-order chi connectivity index (χ1) is 11.2. The molecule has 5 nitrogen and oxygen atoms in total. The van der Waals surface area contributed by atoms with Crippen LogP contribution in [0, 0.1) is 0 Å². The fourth-order valence-electron chi connectivity index (χ4n) is 2.06. The van der Waals surface area contributed by atoms with Crippen molar-refractivity contribution < 1.29 is 9.21 Å². The Morgan fingerprint density at radius 3 is 2.70 bits per heavy atom. The van der Waals surface area contributed by atoms with Crippen molar-refractivity contribution >= 4 is 23.2 Å². The van der Waals surface area contributed by atoms with Crippen LogP contribution in [0.1, 0.15) is 12.3 Å². The van der Waals surface area contributed by atoms with E-state index >= 15 is 0 Å². The number of halogens is 1. The molecule has 1 amide bonds. The molecule has 6 heteroatoms. The number of nitrogens with one attached hydrogen (secondary N) is 1. The van der Waals surface area contributed by atoms with Gasteiger partial charge < -0.3 is 9.73 Å². The lowest BCUT2D eigenvalue weighted by Gasteiger charge is -2.04. The van der Waals surface area contributed by atoms with Crippen LogP contribution in [-0.4, -0.2) is 16.1 Å². The molecule has 23 heavy (non-hydrogen) atoms. The second-order valence-corrected chi connectivity index (χ2v) is 5.36. The Labute approximate surface area is 138 Å². The van der Waals surface area contributed by atoms with Gasteiger partial charge >= 0.3 is 0 Å². The molecule has 116 valence electrons. The molecular weight excluding hydrogens is 314 g/mol. The number of rotatable bonds is 5. The number of aromatic nitrogens is 2. The van der Waals surface area contributed by atoms with Crippen LogP contribution in [0.5, 0.6) is 0 Å². The highest BCUT2D eigenvalue weighted by molar-refractivity contribution is 6.30. The molecule has 1 N–H and O–H groups in total. The van der Waals surface area contributed by atoms with E-state index in [-0.39, 0.29) is 12.3 Å². The third-order valence-electron chi connectivity index (χ3n) is 3.16. The predicted molar refractivity (Wildman–Crippen MR) is 88.1 cm³/mol. The summed E-state index contributed by atoms with van der Waals surface area (Å²) >= 11 is 5.88. The van der Waals surface area contributed by atoms with E-state index in [1.807, 2.05) is 30.3 Å². The highest BCUT2D eigenvalue weighted by Gasteiger charge is 2.10. The molecule has 0 aliphatic rings. The van der Waals surface area contributed by atoms with Crippen LogP contribution in [0.2, 0.25) is 5.02 Å². The van der Waals surface area contributed by atoms with Gasteiger partial charge in [0.15, 0.2) is 0 Å². The van der Waals surface area contributed by atoms with Crippen molar-refractivity contribution in [2.45, 2.75) is 12.8 Å². The molecule has 0 aliphatic heterocycles. The van der Waals surface area contributed by atoms with Crippen LogP contribution in [-0.2, 0) is 11.2 Å². The molecule has 0 saturated heterocycles. The maximum absolute atomic E-state index is 11.9. The average molecular weight is 328 g/mol. The van der Waals surface area contributed by atoms with Gasteiger partial charge in [-0.2, -0.15) is 0 Å². The summed E-state index contributed by atoms with van der Waals surface area (Å²) in [5.74, 6) is 0.757. The van der Waals surface area contributed by atoms with Gasteiger partial charge in [0.2, 0.25) is 17.7 Å². The highest BCUT2D eigenvalue weighted by Crippen LogP contribution is 2.18. The first-order valence-corrected chi connectivity index (χ1v) is 7.52. The second-order valence-electron chi connectivity index (χ2n) is 4.93. The van der Waals surface area contributed by atoms with Crippen molar-refractivity contribution in [1.29, 1.82) is 0 Å². The Kier molecular flexibility index (Phi) is 4.68. The summed E-state index contributed by atoms with van der Waals surface area (Å²) < 4.78 is 5.57. The largest absolute Gasteiger partial charge is 0.421 e. The summed E-state index contributed by atoms with van der Waals surface area (Å²) in [6.07, 6.45) is 0.634. The molecule has 0 fully saturated rings. The van der Waals surface area contributed by atoms with Gasteiger partial charge in [-0.15, -0.1) is 10.2 Å². The van der Waals surface area contributed by atoms with Crippen LogP contribution in [0.15, 0.2) is 59.0 Å². The second kappa shape index (κ2) is 7.07. The van der Waals surface area contributed by atoms with E-state index in [9.17, 15) is 4.79 Å². The molecule has 2 aromatic carbocycles. The molecule has 3 rings (SSSR count). The minimum absolute atomic E-state index is 0.133. The standard InChI is InChI=1S/C17H14ClN3O2/c18-13-7-4-8-14(11-13)19-15(22)9-10-16-20-21-17(23-16)12-5-2-1-3-6-12/h1-8,11H,9-10H2,(H,19,22). The zero-order valence-corrected chi connectivity index (χ0v) is 13.0. The summed E-state index contributed by atoms with van der Waals surface area (Å²) in [7, 11) is 0. The molecule has 0 radical (unpaired) electrons. The summed E-state index contributed by atoms with van der Waals surface area (Å²) in [4.78, 5) is 11.9. The zero-order chi connectivity index (χ0) is 16.1. The molecule has 0 atom stereocenters. The first-order valence-electron chi connectivity index (χ1n) is 7.14. The quantitative estimate of drug-likeness (QED) is 0.770. The van der Waals surface area contributed by atoms with E-state index in [1.165, 1.54) is 0 Å². The molecule has 1 aromatic heterocycles. The lowest BCUT2D eigenvalue weighted by atomic mass is 10.2. The van der Waals surface area contributed by atoms with Crippen LogP contribution >= 0.6 is 11.6 Å². The Hall–Kier alpha value is -2.66. The number of carbonyl (C=O) groups is 1. The van der Waals surface area contributed by atoms with Crippen molar-refractivity contribution in [1.82, 2.24) is 10.2 Å². The third-order valence-corrected chi connectivity index (χ3v) is 3.40. The van der Waals surface area contributed by atoms with Gasteiger partial charge in [-0.3, -0.25) is 4.79 Å². The summed E-state index contributed by atoms with van der Waals surface area (Å²) in [6, 6.07) is 16.5. The summed E-state index contributed by atoms with van der Waals surface area (Å²) in [5, 5.41) is 11.3. The number of hydrogen-bond donors (Lipinski definition) is 1. The SMILES string of the molecule is O=C(CCc1nnc(-c2ccccc2)o1)Nc1cccc(Cl)c1. The Morgan fingerprint density at radius 2 is 1.91 bits per heavy atom. The Morgan fingerprint density at radius 1 is 1.09 bits per heavy atom. The van der Waals surface area contributed by atoms with Crippen LogP contribution in [0.25, 0.3) is 11.5 Å². The maximum Gasteiger partial charge on any atom is 0.247 e. The monoisotopic (exact) mass is 327 g/mol. The normalized spacial score (nSPS) is 10.5. The molecule has 0 unspecified atom stereocenters. The average Bonchev–Trinajstić information content (AvgIpc) is 3.03. The third kappa shape index (κ3) is 4.17. The molecule has 1 heterocycles. The predicted octanol–water partition coefficient (Wildman–Crippen LogP) is 3.96. The van der Waals surface area contributed by atoms with Crippen molar-refractivity contribution in [2.75, 3.05) is 5.32 Å². The van der Waals surface area contributed by atoms with Gasteiger partial charge in [0, 0.05) is 29.1 Å². The topological polar surface area (TPSA) is 68.0 Å². The van der Waals surface area contributed by atoms with E-state index in [4.69, 9.17) is 16.0 Å². The minimum Gasteiger partial charge on any atom is -0.421 e. The minimum atomic E-state index is -0.133. The number of amides is 1. The fourth-order valence-corrected chi connectivity index (χ4v) is 2.25. The summed E-state index contributed by atoms with van der Waals surface area (Å²) in [6.45, 7) is 0. The first kappa shape index (κ1) is 15.2. The maximum atomic E-state index is 11.9. The van der Waals surface area contributed by atoms with Gasteiger partial charge in [0.1, 0.15) is 0 Å². The number of carbonyl (C=O) groups excluding carboxylic acids is 1. The van der Waals surface area contributed by atoms with Crippen molar-refractivity contribution in [3.8, 4) is 11.5 Å². The summed E-state index contributed by atoms with van der Waals surface area (Å²) in [5.41, 5.74) is 1.52. The van der Waals surface area contributed by atoms with Crippen molar-refractivity contribution in [3.05, 3.63) is 65.5 Å². The smallest absolute Gasteiger partial charge is 0.247 e. The molecular formula is C17H14ClN3O2. The number of benzene rings is 2. The number of anilines is 1. The van der Waals surface area contributed by atoms with Crippen molar-refractivity contribution in [2.24, 2.45) is 0 Å². The molecule has 0 bridgehead atoms. The number of nitrogens with zero attached hydrogens (tertiary/aromatic N) is 2. The van der Waals surface area contributed by atoms with Crippen LogP contribution < -0.4 is 5.32 Å². The van der Waals surface area contributed by atoms with Crippen LogP contribution in [0.3, 0.4) is 0 Å². The Bertz CT molecular complexity index is 802. The number of aryl methyl sites for hydroxylation is 1. The zero-order valence-electron chi connectivity index (χ0n) is 12.2. The number of hydrogen-bond acceptors (Lipinski definition) is 4. The van der Waals surface area contributed by atoms with Gasteiger partial charge in [0.05, 0.1) is 0 Å². The van der Waals surface area contributed by atoms with Crippen LogP contribution in [0.4, 0.5) is 5.69 Å². The Balaban J connectivity index is 1.56. The fraction of sp³-hybridized carbons (Fsp3) is 0.118. The van der Waals surface area contributed by atoms with E-state index in [2.05, 4.69) is 15.5 Å². The highest BCUT2D eigenvalue weighted by atomic mass is 35.5. The van der Waals surface area contributed by atoms with E-state index in [1.54, 1.807) is 24.3 Å². The lowest BCUT2D eigenvalue weighted by molar-refractivity contribution is -0.116. The van der Waals surface area contributed by atoms with Gasteiger partial charge in [-0.05, 0) is 30.3 Å². The molecule has 0 aliphatic carbocycles.